The van der Waals surface area contributed by atoms with E-state index in [0.717, 1.165) is 5.56 Å². The van der Waals surface area contributed by atoms with Gasteiger partial charge in [-0.25, -0.2) is 0 Å². The van der Waals surface area contributed by atoms with Gasteiger partial charge in [0.25, 0.3) is 0 Å². The maximum Gasteiger partial charge on any atom is 0.237 e. The molecule has 0 aliphatic rings. The molecule has 88 valence electrons. The number of carbonyl (C=O) groups is 1. The summed E-state index contributed by atoms with van der Waals surface area (Å²) in [6, 6.07) is 7.63. The van der Waals surface area contributed by atoms with Crippen molar-refractivity contribution in [3.05, 3.63) is 35.4 Å². The van der Waals surface area contributed by atoms with E-state index in [4.69, 9.17) is 5.73 Å². The molecule has 16 heavy (non-hydrogen) atoms. The third-order valence-electron chi connectivity index (χ3n) is 2.79. The van der Waals surface area contributed by atoms with Gasteiger partial charge >= 0.3 is 0 Å². The molecule has 0 bridgehead atoms. The first-order chi connectivity index (χ1) is 7.56. The monoisotopic (exact) mass is 220 g/mol. The topological polar surface area (TPSA) is 55.1 Å². The van der Waals surface area contributed by atoms with Crippen LogP contribution in [0.4, 0.5) is 0 Å². The van der Waals surface area contributed by atoms with E-state index in [0.29, 0.717) is 6.42 Å². The van der Waals surface area contributed by atoms with Crippen LogP contribution >= 0.6 is 0 Å². The van der Waals surface area contributed by atoms with Gasteiger partial charge in [-0.05, 0) is 31.4 Å². The summed E-state index contributed by atoms with van der Waals surface area (Å²) in [7, 11) is 0. The van der Waals surface area contributed by atoms with Gasteiger partial charge in [0.1, 0.15) is 0 Å². The van der Waals surface area contributed by atoms with Gasteiger partial charge in [0.2, 0.25) is 5.91 Å². The number of benzene rings is 1. The van der Waals surface area contributed by atoms with E-state index in [1.54, 1.807) is 0 Å². The first-order valence-electron chi connectivity index (χ1n) is 5.67. The quantitative estimate of drug-likeness (QED) is 0.814. The predicted molar refractivity (Wildman–Crippen MR) is 66.0 cm³/mol. The van der Waals surface area contributed by atoms with Crippen LogP contribution in [0.1, 0.15) is 37.4 Å². The average molecular weight is 220 g/mol. The van der Waals surface area contributed by atoms with Crippen molar-refractivity contribution in [1.29, 1.82) is 0 Å². The molecule has 0 radical (unpaired) electrons. The lowest BCUT2D eigenvalue weighted by Gasteiger charge is -2.18. The highest BCUT2D eigenvalue weighted by atomic mass is 16.2. The van der Waals surface area contributed by atoms with Crippen molar-refractivity contribution in [2.75, 3.05) is 0 Å². The number of carbonyl (C=O) groups excluding carboxylic acids is 1. The molecule has 0 saturated heterocycles. The molecule has 3 nitrogen and oxygen atoms in total. The summed E-state index contributed by atoms with van der Waals surface area (Å²) in [5, 5.41) is 2.92. The number of hydrogen-bond acceptors (Lipinski definition) is 2. The van der Waals surface area contributed by atoms with Crippen LogP contribution in [0.25, 0.3) is 0 Å². The Balaban J connectivity index is 2.69. The third-order valence-corrected chi connectivity index (χ3v) is 2.79. The lowest BCUT2D eigenvalue weighted by Crippen LogP contribution is -2.41. The van der Waals surface area contributed by atoms with E-state index < -0.39 is 6.04 Å². The van der Waals surface area contributed by atoms with Crippen molar-refractivity contribution < 1.29 is 4.79 Å². The lowest BCUT2D eigenvalue weighted by molar-refractivity contribution is -0.123. The lowest BCUT2D eigenvalue weighted by atomic mass is 10.0. The van der Waals surface area contributed by atoms with Gasteiger partial charge in [-0.1, -0.05) is 31.2 Å². The smallest absolute Gasteiger partial charge is 0.237 e. The van der Waals surface area contributed by atoms with Crippen LogP contribution in [0.15, 0.2) is 24.3 Å². The van der Waals surface area contributed by atoms with E-state index in [-0.39, 0.29) is 11.9 Å². The SMILES string of the molecule is CC[C@H](N)C(=O)N[C@H](C)c1ccccc1C. The fourth-order valence-electron chi connectivity index (χ4n) is 1.66. The van der Waals surface area contributed by atoms with Crippen molar-refractivity contribution in [2.45, 2.75) is 39.3 Å². The zero-order valence-electron chi connectivity index (χ0n) is 10.2. The number of aryl methyl sites for hydroxylation is 1. The van der Waals surface area contributed by atoms with Gasteiger partial charge in [-0.2, -0.15) is 0 Å². The number of nitrogens with one attached hydrogen (secondary N) is 1. The van der Waals surface area contributed by atoms with Crippen LogP contribution < -0.4 is 11.1 Å². The van der Waals surface area contributed by atoms with E-state index in [1.165, 1.54) is 5.56 Å². The minimum Gasteiger partial charge on any atom is -0.348 e. The fourth-order valence-corrected chi connectivity index (χ4v) is 1.66. The van der Waals surface area contributed by atoms with Crippen molar-refractivity contribution in [3.63, 3.8) is 0 Å². The molecule has 0 aliphatic carbocycles. The fraction of sp³-hybridized carbons (Fsp3) is 0.462. The van der Waals surface area contributed by atoms with E-state index in [2.05, 4.69) is 5.32 Å². The van der Waals surface area contributed by atoms with Gasteiger partial charge in [0, 0.05) is 0 Å². The Labute approximate surface area is 97.0 Å². The Morgan fingerprint density at radius 1 is 1.44 bits per heavy atom. The summed E-state index contributed by atoms with van der Waals surface area (Å²) >= 11 is 0. The molecule has 1 aromatic carbocycles. The molecule has 1 aromatic rings. The van der Waals surface area contributed by atoms with E-state index in [1.807, 2.05) is 45.0 Å². The largest absolute Gasteiger partial charge is 0.348 e. The summed E-state index contributed by atoms with van der Waals surface area (Å²) in [5.74, 6) is -0.0850. The van der Waals surface area contributed by atoms with Gasteiger partial charge in [-0.15, -0.1) is 0 Å². The Morgan fingerprint density at radius 2 is 2.06 bits per heavy atom. The number of amides is 1. The minimum absolute atomic E-state index is 0.00583. The van der Waals surface area contributed by atoms with Gasteiger partial charge in [-0.3, -0.25) is 4.79 Å². The molecule has 0 aromatic heterocycles. The molecular weight excluding hydrogens is 200 g/mol. The van der Waals surface area contributed by atoms with Crippen LogP contribution in [0.2, 0.25) is 0 Å². The highest BCUT2D eigenvalue weighted by molar-refractivity contribution is 5.81. The first-order valence-corrected chi connectivity index (χ1v) is 5.67. The molecule has 1 rings (SSSR count). The normalized spacial score (nSPS) is 14.2. The van der Waals surface area contributed by atoms with Crippen LogP contribution in [0.3, 0.4) is 0 Å². The van der Waals surface area contributed by atoms with Gasteiger partial charge in [0.05, 0.1) is 12.1 Å². The molecule has 2 atom stereocenters. The molecule has 3 heteroatoms. The van der Waals surface area contributed by atoms with Crippen LogP contribution in [0.5, 0.6) is 0 Å². The zero-order chi connectivity index (χ0) is 12.1. The molecule has 0 spiro atoms. The van der Waals surface area contributed by atoms with Gasteiger partial charge < -0.3 is 11.1 Å². The molecule has 0 saturated carbocycles. The molecule has 0 fully saturated rings. The summed E-state index contributed by atoms with van der Waals surface area (Å²) < 4.78 is 0. The standard InChI is InChI=1S/C13H20N2O/c1-4-12(14)13(16)15-10(3)11-8-6-5-7-9(11)2/h5-8,10,12H,4,14H2,1-3H3,(H,15,16)/t10-,12+/m1/s1. The van der Waals surface area contributed by atoms with E-state index >= 15 is 0 Å². The highest BCUT2D eigenvalue weighted by Gasteiger charge is 2.15. The average Bonchev–Trinajstić information content (AvgIpc) is 2.28. The molecule has 0 unspecified atom stereocenters. The number of hydrogen-bond donors (Lipinski definition) is 2. The Bertz CT molecular complexity index is 363. The van der Waals surface area contributed by atoms with Crippen LogP contribution in [-0.2, 0) is 4.79 Å². The Morgan fingerprint density at radius 3 is 2.62 bits per heavy atom. The Hall–Kier alpha value is -1.35. The number of nitrogens with two attached hydrogens (primary N) is 1. The molecule has 0 aliphatic heterocycles. The van der Waals surface area contributed by atoms with Gasteiger partial charge in [0.15, 0.2) is 0 Å². The molecule has 0 heterocycles. The Kier molecular flexibility index (Phi) is 4.50. The summed E-state index contributed by atoms with van der Waals surface area (Å²) in [6.07, 6.45) is 0.659. The van der Waals surface area contributed by atoms with Crippen molar-refractivity contribution in [1.82, 2.24) is 5.32 Å². The minimum atomic E-state index is -0.411. The maximum absolute atomic E-state index is 11.6. The second-order valence-electron chi connectivity index (χ2n) is 4.10. The zero-order valence-corrected chi connectivity index (χ0v) is 10.2. The summed E-state index contributed by atoms with van der Waals surface area (Å²) in [4.78, 5) is 11.6. The predicted octanol–water partition coefficient (Wildman–Crippen LogP) is 1.91. The first kappa shape index (κ1) is 12.7. The second-order valence-corrected chi connectivity index (χ2v) is 4.10. The second kappa shape index (κ2) is 5.66. The summed E-state index contributed by atoms with van der Waals surface area (Å²) in [6.45, 7) is 5.92. The van der Waals surface area contributed by atoms with Crippen LogP contribution in [-0.4, -0.2) is 11.9 Å². The molecule has 3 N–H and O–H groups in total. The highest BCUT2D eigenvalue weighted by Crippen LogP contribution is 2.16. The molecule has 1 amide bonds. The third kappa shape index (κ3) is 3.07. The van der Waals surface area contributed by atoms with Crippen molar-refractivity contribution >= 4 is 5.91 Å². The van der Waals surface area contributed by atoms with Crippen molar-refractivity contribution in [2.24, 2.45) is 5.73 Å². The summed E-state index contributed by atoms with van der Waals surface area (Å²) in [5.41, 5.74) is 7.99. The van der Waals surface area contributed by atoms with Crippen LogP contribution in [0, 0.1) is 6.92 Å². The maximum atomic E-state index is 11.6. The van der Waals surface area contributed by atoms with Crippen molar-refractivity contribution in [3.8, 4) is 0 Å². The number of rotatable bonds is 4. The van der Waals surface area contributed by atoms with E-state index in [9.17, 15) is 4.79 Å². The molecular formula is C13H20N2O.